The second-order valence-electron chi connectivity index (χ2n) is 4.25. The van der Waals surface area contributed by atoms with E-state index in [1.165, 1.54) is 7.11 Å². The molecule has 0 aliphatic rings. The normalized spacial score (nSPS) is 12.5. The number of rotatable bonds is 5. The van der Waals surface area contributed by atoms with Gasteiger partial charge >= 0.3 is 5.97 Å². The van der Waals surface area contributed by atoms with Crippen LogP contribution in [0.5, 0.6) is 5.75 Å². The standard InChI is InChI=1S/C13H19NO3/c1-9(2)12(13(16)17-3)14-8-10-6-4-5-7-11(10)15/h4-7,9,12,14-15H,8H2,1-3H3/t12-/m1/s1. The smallest absolute Gasteiger partial charge is 0.323 e. The largest absolute Gasteiger partial charge is 0.508 e. The molecule has 1 aromatic rings. The molecule has 0 saturated heterocycles. The van der Waals surface area contributed by atoms with Crippen LogP contribution in [0.3, 0.4) is 0 Å². The van der Waals surface area contributed by atoms with Gasteiger partial charge in [0.05, 0.1) is 7.11 Å². The molecule has 0 aliphatic heterocycles. The Balaban J connectivity index is 2.64. The molecular weight excluding hydrogens is 218 g/mol. The van der Waals surface area contributed by atoms with Crippen LogP contribution in [0.1, 0.15) is 19.4 Å². The van der Waals surface area contributed by atoms with E-state index in [9.17, 15) is 9.90 Å². The first-order chi connectivity index (χ1) is 8.06. The lowest BCUT2D eigenvalue weighted by atomic mass is 10.0. The summed E-state index contributed by atoms with van der Waals surface area (Å²) in [6.07, 6.45) is 0. The highest BCUT2D eigenvalue weighted by Gasteiger charge is 2.22. The fourth-order valence-electron chi connectivity index (χ4n) is 1.60. The molecule has 0 bridgehead atoms. The van der Waals surface area contributed by atoms with Crippen molar-refractivity contribution >= 4 is 5.97 Å². The van der Waals surface area contributed by atoms with Gasteiger partial charge in [0.15, 0.2) is 0 Å². The van der Waals surface area contributed by atoms with Gasteiger partial charge in [0.1, 0.15) is 11.8 Å². The van der Waals surface area contributed by atoms with Gasteiger partial charge in [-0.15, -0.1) is 0 Å². The summed E-state index contributed by atoms with van der Waals surface area (Å²) in [4.78, 5) is 11.5. The molecule has 4 nitrogen and oxygen atoms in total. The van der Waals surface area contributed by atoms with Crippen molar-refractivity contribution in [2.24, 2.45) is 5.92 Å². The molecule has 94 valence electrons. The second-order valence-corrected chi connectivity index (χ2v) is 4.25. The highest BCUT2D eigenvalue weighted by molar-refractivity contribution is 5.75. The number of hydrogen-bond donors (Lipinski definition) is 2. The van der Waals surface area contributed by atoms with Crippen LogP contribution >= 0.6 is 0 Å². The van der Waals surface area contributed by atoms with Crippen molar-refractivity contribution in [3.05, 3.63) is 29.8 Å². The van der Waals surface area contributed by atoms with Gasteiger partial charge in [-0.1, -0.05) is 32.0 Å². The van der Waals surface area contributed by atoms with Gasteiger partial charge in [-0.25, -0.2) is 0 Å². The predicted molar refractivity (Wildman–Crippen MR) is 65.6 cm³/mol. The van der Waals surface area contributed by atoms with Crippen molar-refractivity contribution in [2.45, 2.75) is 26.4 Å². The van der Waals surface area contributed by atoms with E-state index in [4.69, 9.17) is 4.74 Å². The minimum absolute atomic E-state index is 0.133. The number of para-hydroxylation sites is 1. The number of carbonyl (C=O) groups excluding carboxylic acids is 1. The number of hydrogen-bond acceptors (Lipinski definition) is 4. The number of aromatic hydroxyl groups is 1. The quantitative estimate of drug-likeness (QED) is 0.765. The molecular formula is C13H19NO3. The number of benzene rings is 1. The Morgan fingerprint density at radius 1 is 1.41 bits per heavy atom. The summed E-state index contributed by atoms with van der Waals surface area (Å²) in [7, 11) is 1.37. The Kier molecular flexibility index (Phi) is 4.97. The average molecular weight is 237 g/mol. The van der Waals surface area contributed by atoms with Crippen LogP contribution in [0.25, 0.3) is 0 Å². The van der Waals surface area contributed by atoms with Gasteiger partial charge in [-0.2, -0.15) is 0 Å². The first-order valence-electron chi connectivity index (χ1n) is 5.64. The molecule has 1 aromatic carbocycles. The molecule has 0 aromatic heterocycles. The SMILES string of the molecule is COC(=O)[C@H](NCc1ccccc1O)C(C)C. The topological polar surface area (TPSA) is 58.6 Å². The lowest BCUT2D eigenvalue weighted by Gasteiger charge is -2.20. The number of methoxy groups -OCH3 is 1. The Hall–Kier alpha value is -1.55. The maximum absolute atomic E-state index is 11.5. The number of nitrogens with one attached hydrogen (secondary N) is 1. The zero-order valence-electron chi connectivity index (χ0n) is 10.4. The molecule has 0 heterocycles. The van der Waals surface area contributed by atoms with Crippen LogP contribution in [-0.2, 0) is 16.1 Å². The van der Waals surface area contributed by atoms with Gasteiger partial charge < -0.3 is 9.84 Å². The van der Waals surface area contributed by atoms with Crippen LogP contribution in [0.4, 0.5) is 0 Å². The van der Waals surface area contributed by atoms with Crippen molar-refractivity contribution in [3.8, 4) is 5.75 Å². The number of phenolic OH excluding ortho intramolecular Hbond substituents is 1. The highest BCUT2D eigenvalue weighted by Crippen LogP contribution is 2.16. The summed E-state index contributed by atoms with van der Waals surface area (Å²) in [5, 5.41) is 12.7. The van der Waals surface area contributed by atoms with Crippen molar-refractivity contribution in [1.29, 1.82) is 0 Å². The fourth-order valence-corrected chi connectivity index (χ4v) is 1.60. The first-order valence-corrected chi connectivity index (χ1v) is 5.64. The van der Waals surface area contributed by atoms with Crippen molar-refractivity contribution in [2.75, 3.05) is 7.11 Å². The third-order valence-corrected chi connectivity index (χ3v) is 2.63. The Bertz CT molecular complexity index is 377. The van der Waals surface area contributed by atoms with Gasteiger partial charge in [-0.05, 0) is 12.0 Å². The van der Waals surface area contributed by atoms with Crippen LogP contribution in [0.15, 0.2) is 24.3 Å². The summed E-state index contributed by atoms with van der Waals surface area (Å²) in [5.74, 6) is 0.0797. The molecule has 0 aliphatic carbocycles. The van der Waals surface area contributed by atoms with E-state index in [0.717, 1.165) is 5.56 Å². The van der Waals surface area contributed by atoms with Crippen molar-refractivity contribution in [3.63, 3.8) is 0 Å². The van der Waals surface area contributed by atoms with Crippen molar-refractivity contribution in [1.82, 2.24) is 5.32 Å². The first kappa shape index (κ1) is 13.5. The predicted octanol–water partition coefficient (Wildman–Crippen LogP) is 1.68. The maximum atomic E-state index is 11.5. The number of carbonyl (C=O) groups is 1. The molecule has 0 unspecified atom stereocenters. The van der Waals surface area contributed by atoms with Crippen LogP contribution < -0.4 is 5.32 Å². The molecule has 1 rings (SSSR count). The summed E-state index contributed by atoms with van der Waals surface area (Å²) in [6, 6.07) is 6.69. The summed E-state index contributed by atoms with van der Waals surface area (Å²) >= 11 is 0. The van der Waals surface area contributed by atoms with E-state index in [2.05, 4.69) is 5.32 Å². The Morgan fingerprint density at radius 3 is 2.59 bits per heavy atom. The Morgan fingerprint density at radius 2 is 2.06 bits per heavy atom. The van der Waals surface area contributed by atoms with Gasteiger partial charge in [0.25, 0.3) is 0 Å². The lowest BCUT2D eigenvalue weighted by Crippen LogP contribution is -2.41. The monoisotopic (exact) mass is 237 g/mol. The summed E-state index contributed by atoms with van der Waals surface area (Å²) < 4.78 is 4.73. The van der Waals surface area contributed by atoms with Crippen LogP contribution in [0.2, 0.25) is 0 Å². The van der Waals surface area contributed by atoms with Crippen LogP contribution in [0, 0.1) is 5.92 Å². The van der Waals surface area contributed by atoms with E-state index in [-0.39, 0.29) is 23.7 Å². The number of esters is 1. The van der Waals surface area contributed by atoms with E-state index in [0.29, 0.717) is 6.54 Å². The molecule has 17 heavy (non-hydrogen) atoms. The maximum Gasteiger partial charge on any atom is 0.323 e. The molecule has 0 fully saturated rings. The molecule has 0 spiro atoms. The highest BCUT2D eigenvalue weighted by atomic mass is 16.5. The minimum Gasteiger partial charge on any atom is -0.508 e. The minimum atomic E-state index is -0.361. The molecule has 1 atom stereocenters. The zero-order valence-corrected chi connectivity index (χ0v) is 10.4. The molecule has 0 radical (unpaired) electrons. The second kappa shape index (κ2) is 6.25. The summed E-state index contributed by atoms with van der Waals surface area (Å²) in [5.41, 5.74) is 0.766. The van der Waals surface area contributed by atoms with E-state index >= 15 is 0 Å². The zero-order chi connectivity index (χ0) is 12.8. The van der Waals surface area contributed by atoms with Crippen molar-refractivity contribution < 1.29 is 14.6 Å². The van der Waals surface area contributed by atoms with E-state index in [1.807, 2.05) is 26.0 Å². The lowest BCUT2D eigenvalue weighted by molar-refractivity contribution is -0.144. The number of ether oxygens (including phenoxy) is 1. The van der Waals surface area contributed by atoms with E-state index < -0.39 is 0 Å². The average Bonchev–Trinajstić information content (AvgIpc) is 2.30. The van der Waals surface area contributed by atoms with Crippen LogP contribution in [-0.4, -0.2) is 24.2 Å². The molecule has 0 amide bonds. The van der Waals surface area contributed by atoms with E-state index in [1.54, 1.807) is 12.1 Å². The molecule has 0 saturated carbocycles. The number of phenols is 1. The Labute approximate surface area is 102 Å². The molecule has 2 N–H and O–H groups in total. The van der Waals surface area contributed by atoms with Gasteiger partial charge in [0, 0.05) is 12.1 Å². The van der Waals surface area contributed by atoms with Gasteiger partial charge in [-0.3, -0.25) is 10.1 Å². The third kappa shape index (κ3) is 3.75. The summed E-state index contributed by atoms with van der Waals surface area (Å²) in [6.45, 7) is 4.32. The molecule has 4 heteroatoms. The van der Waals surface area contributed by atoms with Gasteiger partial charge in [0.2, 0.25) is 0 Å². The third-order valence-electron chi connectivity index (χ3n) is 2.63. The fraction of sp³-hybridized carbons (Fsp3) is 0.462.